The van der Waals surface area contributed by atoms with Gasteiger partial charge in [-0.15, -0.1) is 11.3 Å². The molecule has 146 valence electrons. The molecule has 1 aromatic heterocycles. The second-order valence-electron chi connectivity index (χ2n) is 6.47. The van der Waals surface area contributed by atoms with Crippen molar-refractivity contribution in [3.05, 3.63) is 71.6 Å². The van der Waals surface area contributed by atoms with E-state index in [0.29, 0.717) is 17.3 Å². The fourth-order valence-corrected chi connectivity index (χ4v) is 3.98. The Bertz CT molecular complexity index is 1160. The number of nitrogens with zero attached hydrogens (tertiary/aromatic N) is 1. The van der Waals surface area contributed by atoms with Crippen LogP contribution in [0.2, 0.25) is 0 Å². The number of fused-ring (bicyclic) bond motifs is 1. The highest BCUT2D eigenvalue weighted by atomic mass is 32.1. The van der Waals surface area contributed by atoms with E-state index in [0.717, 1.165) is 33.3 Å². The van der Waals surface area contributed by atoms with Crippen LogP contribution < -0.4 is 14.8 Å². The van der Waals surface area contributed by atoms with Crippen LogP contribution in [0.5, 0.6) is 11.5 Å². The van der Waals surface area contributed by atoms with Crippen molar-refractivity contribution in [1.29, 1.82) is 0 Å². The average Bonchev–Trinajstić information content (AvgIpc) is 3.21. The van der Waals surface area contributed by atoms with E-state index in [-0.39, 0.29) is 5.91 Å². The van der Waals surface area contributed by atoms with Gasteiger partial charge in [0.2, 0.25) is 5.91 Å². The molecule has 4 aromatic rings. The second kappa shape index (κ2) is 8.32. The summed E-state index contributed by atoms with van der Waals surface area (Å²) in [7, 11) is 3.23. The molecular weight excluding hydrogens is 384 g/mol. The predicted molar refractivity (Wildman–Crippen MR) is 117 cm³/mol. The Balaban J connectivity index is 1.53. The number of amides is 1. The van der Waals surface area contributed by atoms with E-state index >= 15 is 0 Å². The van der Waals surface area contributed by atoms with Crippen LogP contribution in [0.1, 0.15) is 5.56 Å². The van der Waals surface area contributed by atoms with Crippen molar-refractivity contribution in [2.75, 3.05) is 19.5 Å². The minimum Gasteiger partial charge on any atom is -0.497 e. The number of carbonyl (C=O) groups is 1. The van der Waals surface area contributed by atoms with Gasteiger partial charge in [0.1, 0.15) is 11.5 Å². The molecule has 1 heterocycles. The minimum atomic E-state index is -0.0974. The molecule has 29 heavy (non-hydrogen) atoms. The molecule has 0 fully saturated rings. The molecule has 4 rings (SSSR count). The van der Waals surface area contributed by atoms with Gasteiger partial charge < -0.3 is 14.8 Å². The van der Waals surface area contributed by atoms with Gasteiger partial charge in [-0.1, -0.05) is 42.5 Å². The quantitative estimate of drug-likeness (QED) is 0.482. The van der Waals surface area contributed by atoms with Crippen molar-refractivity contribution in [2.45, 2.75) is 6.42 Å². The first-order chi connectivity index (χ1) is 14.2. The van der Waals surface area contributed by atoms with Gasteiger partial charge in [0.15, 0.2) is 5.13 Å². The number of hydrogen-bond donors (Lipinski definition) is 1. The molecule has 0 aliphatic heterocycles. The third-order valence-corrected chi connectivity index (χ3v) is 5.42. The van der Waals surface area contributed by atoms with E-state index in [1.54, 1.807) is 14.2 Å². The SMILES string of the molecule is COc1ccc(OC)c(-c2csc(NC(=O)Cc3cccc4ccccc34)n2)c1. The zero-order chi connectivity index (χ0) is 20.2. The molecule has 3 aromatic carbocycles. The van der Waals surface area contributed by atoms with Crippen LogP contribution in [0.25, 0.3) is 22.0 Å². The normalized spacial score (nSPS) is 10.7. The molecule has 0 radical (unpaired) electrons. The Hall–Kier alpha value is -3.38. The molecule has 0 bridgehead atoms. The molecule has 0 unspecified atom stereocenters. The summed E-state index contributed by atoms with van der Waals surface area (Å²) in [4.78, 5) is 17.2. The molecule has 0 saturated heterocycles. The summed E-state index contributed by atoms with van der Waals surface area (Å²) in [5.74, 6) is 1.32. The van der Waals surface area contributed by atoms with Crippen molar-refractivity contribution in [2.24, 2.45) is 0 Å². The zero-order valence-electron chi connectivity index (χ0n) is 16.1. The summed E-state index contributed by atoms with van der Waals surface area (Å²) in [6.07, 6.45) is 0.290. The number of carbonyl (C=O) groups excluding carboxylic acids is 1. The molecule has 0 spiro atoms. The number of nitrogens with one attached hydrogen (secondary N) is 1. The van der Waals surface area contributed by atoms with Gasteiger partial charge in [0, 0.05) is 10.9 Å². The number of methoxy groups -OCH3 is 2. The summed E-state index contributed by atoms with van der Waals surface area (Å²) in [5, 5.41) is 7.57. The number of benzene rings is 3. The van der Waals surface area contributed by atoms with Gasteiger partial charge in [-0.2, -0.15) is 0 Å². The molecule has 1 N–H and O–H groups in total. The summed E-state index contributed by atoms with van der Waals surface area (Å²) in [6.45, 7) is 0. The largest absolute Gasteiger partial charge is 0.497 e. The molecule has 0 aliphatic rings. The summed E-state index contributed by atoms with van der Waals surface area (Å²) >= 11 is 1.38. The Morgan fingerprint density at radius 1 is 1.03 bits per heavy atom. The monoisotopic (exact) mass is 404 g/mol. The number of thiazole rings is 1. The number of aromatic nitrogens is 1. The molecule has 5 nitrogen and oxygen atoms in total. The van der Waals surface area contributed by atoms with Crippen LogP contribution in [0.15, 0.2) is 66.0 Å². The maximum Gasteiger partial charge on any atom is 0.230 e. The summed E-state index contributed by atoms with van der Waals surface area (Å²) in [6, 6.07) is 19.6. The average molecular weight is 404 g/mol. The third kappa shape index (κ3) is 4.07. The highest BCUT2D eigenvalue weighted by molar-refractivity contribution is 7.14. The second-order valence-corrected chi connectivity index (χ2v) is 7.33. The molecule has 6 heteroatoms. The van der Waals surface area contributed by atoms with Crippen molar-refractivity contribution >= 4 is 33.1 Å². The number of rotatable bonds is 6. The van der Waals surface area contributed by atoms with Crippen molar-refractivity contribution in [1.82, 2.24) is 4.98 Å². The zero-order valence-corrected chi connectivity index (χ0v) is 17.0. The van der Waals surface area contributed by atoms with E-state index in [4.69, 9.17) is 9.47 Å². The van der Waals surface area contributed by atoms with Crippen LogP contribution in [0, 0.1) is 0 Å². The highest BCUT2D eigenvalue weighted by Gasteiger charge is 2.14. The first-order valence-electron chi connectivity index (χ1n) is 9.12. The maximum absolute atomic E-state index is 12.6. The minimum absolute atomic E-state index is 0.0974. The van der Waals surface area contributed by atoms with E-state index in [2.05, 4.69) is 10.3 Å². The van der Waals surface area contributed by atoms with E-state index in [1.165, 1.54) is 11.3 Å². The Labute approximate surface area is 172 Å². The Morgan fingerprint density at radius 2 is 1.86 bits per heavy atom. The molecule has 1 amide bonds. The number of hydrogen-bond acceptors (Lipinski definition) is 5. The molecule has 0 aliphatic carbocycles. The highest BCUT2D eigenvalue weighted by Crippen LogP contribution is 2.35. The van der Waals surface area contributed by atoms with Gasteiger partial charge in [0.05, 0.1) is 26.3 Å². The number of anilines is 1. The van der Waals surface area contributed by atoms with Gasteiger partial charge >= 0.3 is 0 Å². The molecule has 0 saturated carbocycles. The summed E-state index contributed by atoms with van der Waals surface area (Å²) in [5.41, 5.74) is 2.54. The maximum atomic E-state index is 12.6. The molecular formula is C23H20N2O3S. The topological polar surface area (TPSA) is 60.5 Å². The lowest BCUT2D eigenvalue weighted by Crippen LogP contribution is -2.14. The van der Waals surface area contributed by atoms with Gasteiger partial charge in [-0.05, 0) is 34.5 Å². The van der Waals surface area contributed by atoms with E-state index in [1.807, 2.05) is 66.0 Å². The number of ether oxygens (including phenoxy) is 2. The van der Waals surface area contributed by atoms with Gasteiger partial charge in [-0.3, -0.25) is 4.79 Å². The fraction of sp³-hybridized carbons (Fsp3) is 0.130. The smallest absolute Gasteiger partial charge is 0.230 e. The Morgan fingerprint density at radius 3 is 2.69 bits per heavy atom. The van der Waals surface area contributed by atoms with Crippen LogP contribution >= 0.6 is 11.3 Å². The van der Waals surface area contributed by atoms with Gasteiger partial charge in [-0.25, -0.2) is 4.98 Å². The standard InChI is InChI=1S/C23H20N2O3S/c1-27-17-10-11-21(28-2)19(13-17)20-14-29-23(24-20)25-22(26)12-16-8-5-7-15-6-3-4-9-18(15)16/h3-11,13-14H,12H2,1-2H3,(H,24,25,26). The fourth-order valence-electron chi connectivity index (χ4n) is 3.25. The first kappa shape index (κ1) is 19.0. The van der Waals surface area contributed by atoms with Crippen LogP contribution in [-0.4, -0.2) is 25.1 Å². The van der Waals surface area contributed by atoms with Crippen LogP contribution in [0.4, 0.5) is 5.13 Å². The van der Waals surface area contributed by atoms with Crippen LogP contribution in [-0.2, 0) is 11.2 Å². The van der Waals surface area contributed by atoms with Crippen molar-refractivity contribution in [3.8, 4) is 22.8 Å². The Kier molecular flexibility index (Phi) is 5.44. The lowest BCUT2D eigenvalue weighted by atomic mass is 10.0. The van der Waals surface area contributed by atoms with E-state index in [9.17, 15) is 4.79 Å². The lowest BCUT2D eigenvalue weighted by molar-refractivity contribution is -0.115. The lowest BCUT2D eigenvalue weighted by Gasteiger charge is -2.08. The molecule has 0 atom stereocenters. The van der Waals surface area contributed by atoms with E-state index < -0.39 is 0 Å². The van der Waals surface area contributed by atoms with Crippen LogP contribution in [0.3, 0.4) is 0 Å². The summed E-state index contributed by atoms with van der Waals surface area (Å²) < 4.78 is 10.7. The van der Waals surface area contributed by atoms with Gasteiger partial charge in [0.25, 0.3) is 0 Å². The van der Waals surface area contributed by atoms with Crippen molar-refractivity contribution in [3.63, 3.8) is 0 Å². The predicted octanol–water partition coefficient (Wildman–Crippen LogP) is 5.16. The third-order valence-electron chi connectivity index (χ3n) is 4.66. The first-order valence-corrected chi connectivity index (χ1v) is 10.0. The van der Waals surface area contributed by atoms with Crippen molar-refractivity contribution < 1.29 is 14.3 Å².